The van der Waals surface area contributed by atoms with Gasteiger partial charge in [-0.05, 0) is 29.7 Å². The molecule has 1 aromatic carbocycles. The van der Waals surface area contributed by atoms with E-state index in [1.807, 2.05) is 0 Å². The van der Waals surface area contributed by atoms with Crippen LogP contribution < -0.4 is 9.47 Å². The SMILES string of the molecule is CO[C@@H]1C=C[C@@]23c4cc5c(cc4CN(C[C@H]2OC(C)=O)[C@H]3C1)OCO5. The summed E-state index contributed by atoms with van der Waals surface area (Å²) in [5.41, 5.74) is 2.05. The van der Waals surface area contributed by atoms with Gasteiger partial charge in [-0.2, -0.15) is 0 Å². The fourth-order valence-corrected chi connectivity index (χ4v) is 5.00. The van der Waals surface area contributed by atoms with Crippen molar-refractivity contribution in [2.75, 3.05) is 20.4 Å². The molecule has 0 radical (unpaired) electrons. The molecule has 4 aliphatic rings. The van der Waals surface area contributed by atoms with Crippen LogP contribution in [-0.2, 0) is 26.2 Å². The summed E-state index contributed by atoms with van der Waals surface area (Å²) >= 11 is 0. The van der Waals surface area contributed by atoms with Crippen LogP contribution in [0, 0.1) is 0 Å². The third-order valence-corrected chi connectivity index (χ3v) is 6.02. The van der Waals surface area contributed by atoms with Crippen molar-refractivity contribution >= 4 is 5.97 Å². The summed E-state index contributed by atoms with van der Waals surface area (Å²) in [5.74, 6) is 1.33. The van der Waals surface area contributed by atoms with Crippen molar-refractivity contribution in [3.63, 3.8) is 0 Å². The van der Waals surface area contributed by atoms with Crippen molar-refractivity contribution in [3.05, 3.63) is 35.4 Å². The maximum Gasteiger partial charge on any atom is 0.302 e. The molecule has 0 amide bonds. The minimum atomic E-state index is -0.352. The monoisotopic (exact) mass is 343 g/mol. The van der Waals surface area contributed by atoms with Crippen LogP contribution in [0.2, 0.25) is 0 Å². The lowest BCUT2D eigenvalue weighted by Crippen LogP contribution is -2.52. The van der Waals surface area contributed by atoms with Gasteiger partial charge in [-0.15, -0.1) is 0 Å². The maximum atomic E-state index is 11.7. The Morgan fingerprint density at radius 3 is 2.88 bits per heavy atom. The van der Waals surface area contributed by atoms with Gasteiger partial charge < -0.3 is 18.9 Å². The van der Waals surface area contributed by atoms with E-state index >= 15 is 0 Å². The van der Waals surface area contributed by atoms with E-state index in [-0.39, 0.29) is 36.4 Å². The Morgan fingerprint density at radius 1 is 1.32 bits per heavy atom. The number of nitrogens with zero attached hydrogens (tertiary/aromatic N) is 1. The molecule has 3 heterocycles. The minimum Gasteiger partial charge on any atom is -0.460 e. The van der Waals surface area contributed by atoms with Crippen molar-refractivity contribution in [2.24, 2.45) is 0 Å². The Hall–Kier alpha value is -2.05. The lowest BCUT2D eigenvalue weighted by molar-refractivity contribution is -0.147. The Labute approximate surface area is 146 Å². The Balaban J connectivity index is 1.69. The van der Waals surface area contributed by atoms with Crippen LogP contribution >= 0.6 is 0 Å². The van der Waals surface area contributed by atoms with E-state index in [1.54, 1.807) is 7.11 Å². The van der Waals surface area contributed by atoms with E-state index < -0.39 is 0 Å². The lowest BCUT2D eigenvalue weighted by atomic mass is 9.65. The summed E-state index contributed by atoms with van der Waals surface area (Å²) < 4.78 is 22.5. The van der Waals surface area contributed by atoms with E-state index in [1.165, 1.54) is 18.1 Å². The van der Waals surface area contributed by atoms with E-state index in [0.717, 1.165) is 31.0 Å². The van der Waals surface area contributed by atoms with Crippen LogP contribution in [-0.4, -0.2) is 49.6 Å². The molecule has 0 N–H and O–H groups in total. The van der Waals surface area contributed by atoms with Gasteiger partial charge in [0.15, 0.2) is 11.5 Å². The summed E-state index contributed by atoms with van der Waals surface area (Å²) in [6, 6.07) is 4.41. The van der Waals surface area contributed by atoms with Crippen molar-refractivity contribution in [1.29, 1.82) is 0 Å². The van der Waals surface area contributed by atoms with Crippen molar-refractivity contribution < 1.29 is 23.7 Å². The Morgan fingerprint density at radius 2 is 2.12 bits per heavy atom. The number of benzene rings is 1. The fourth-order valence-electron chi connectivity index (χ4n) is 5.00. The number of hydrogen-bond acceptors (Lipinski definition) is 6. The van der Waals surface area contributed by atoms with Crippen LogP contribution in [0.5, 0.6) is 11.5 Å². The average Bonchev–Trinajstić information content (AvgIpc) is 3.13. The van der Waals surface area contributed by atoms with Gasteiger partial charge in [-0.25, -0.2) is 0 Å². The molecule has 1 saturated heterocycles. The van der Waals surface area contributed by atoms with Gasteiger partial charge in [0.05, 0.1) is 11.5 Å². The molecule has 132 valence electrons. The van der Waals surface area contributed by atoms with Crippen molar-refractivity contribution in [1.82, 2.24) is 4.90 Å². The minimum absolute atomic E-state index is 0.0901. The normalized spacial score (nSPS) is 36.7. The van der Waals surface area contributed by atoms with Gasteiger partial charge >= 0.3 is 5.97 Å². The molecule has 25 heavy (non-hydrogen) atoms. The highest BCUT2D eigenvalue weighted by atomic mass is 16.7. The molecule has 0 aromatic heterocycles. The second-order valence-corrected chi connectivity index (χ2v) is 7.21. The summed E-state index contributed by atoms with van der Waals surface area (Å²) in [5, 5.41) is 0. The van der Waals surface area contributed by atoms with Gasteiger partial charge in [0.2, 0.25) is 6.79 Å². The first-order valence-electron chi connectivity index (χ1n) is 8.68. The van der Waals surface area contributed by atoms with Crippen molar-refractivity contribution in [2.45, 2.75) is 43.6 Å². The molecule has 0 spiro atoms. The van der Waals surface area contributed by atoms with Gasteiger partial charge in [0.1, 0.15) is 6.10 Å². The molecule has 1 aromatic rings. The molecule has 6 nitrogen and oxygen atoms in total. The molecular formula is C19H21NO5. The number of methoxy groups -OCH3 is 1. The highest BCUT2D eigenvalue weighted by molar-refractivity contribution is 5.67. The van der Waals surface area contributed by atoms with Gasteiger partial charge in [-0.3, -0.25) is 9.69 Å². The number of carbonyl (C=O) groups is 1. The molecule has 6 heteroatoms. The molecule has 0 saturated carbocycles. The molecule has 1 unspecified atom stereocenters. The number of carbonyl (C=O) groups excluding carboxylic acids is 1. The van der Waals surface area contributed by atoms with Crippen LogP contribution in [0.1, 0.15) is 24.5 Å². The van der Waals surface area contributed by atoms with Crippen LogP contribution in [0.3, 0.4) is 0 Å². The predicted octanol–water partition coefficient (Wildman–Crippen LogP) is 1.76. The fraction of sp³-hybridized carbons (Fsp3) is 0.526. The largest absolute Gasteiger partial charge is 0.460 e. The number of ether oxygens (including phenoxy) is 4. The summed E-state index contributed by atoms with van der Waals surface area (Å²) in [6.45, 7) is 3.29. The first kappa shape index (κ1) is 15.2. The zero-order valence-corrected chi connectivity index (χ0v) is 14.4. The van der Waals surface area contributed by atoms with Gasteiger partial charge in [0, 0.05) is 33.2 Å². The van der Waals surface area contributed by atoms with Crippen LogP contribution in [0.4, 0.5) is 0 Å². The number of fused-ring (bicyclic) bond motifs is 2. The van der Waals surface area contributed by atoms with E-state index in [2.05, 4.69) is 29.2 Å². The smallest absolute Gasteiger partial charge is 0.302 e. The standard InChI is InChI=1S/C19H21NO5/c1-11(21)25-18-9-20-8-12-5-15-16(24-10-23-15)7-14(12)19(18)4-3-13(22-2)6-17(19)20/h3-5,7,13,17-18H,6,8-10H2,1-2H3/t13-,17+,18-,19+/m1/s1. The highest BCUT2D eigenvalue weighted by Gasteiger charge is 2.60. The maximum absolute atomic E-state index is 11.7. The van der Waals surface area contributed by atoms with E-state index in [9.17, 15) is 4.79 Å². The topological polar surface area (TPSA) is 57.2 Å². The second-order valence-electron chi connectivity index (χ2n) is 7.21. The van der Waals surface area contributed by atoms with Crippen molar-refractivity contribution in [3.8, 4) is 11.5 Å². The summed E-state index contributed by atoms with van der Waals surface area (Å²) in [6.07, 6.45) is 5.08. The Kier molecular flexibility index (Phi) is 3.18. The van der Waals surface area contributed by atoms with E-state index in [0.29, 0.717) is 0 Å². The highest BCUT2D eigenvalue weighted by Crippen LogP contribution is 2.54. The third-order valence-electron chi connectivity index (χ3n) is 6.02. The van der Waals surface area contributed by atoms with Gasteiger partial charge in [-0.1, -0.05) is 12.2 Å². The van der Waals surface area contributed by atoms with Gasteiger partial charge in [0.25, 0.3) is 0 Å². The molecule has 3 aliphatic heterocycles. The Bertz CT molecular complexity index is 775. The molecule has 1 aliphatic carbocycles. The summed E-state index contributed by atoms with van der Waals surface area (Å²) in [4.78, 5) is 14.2. The average molecular weight is 343 g/mol. The van der Waals surface area contributed by atoms with E-state index in [4.69, 9.17) is 18.9 Å². The zero-order chi connectivity index (χ0) is 17.2. The molecule has 1 fully saturated rings. The zero-order valence-electron chi connectivity index (χ0n) is 14.4. The third kappa shape index (κ3) is 2.01. The van der Waals surface area contributed by atoms with Crippen LogP contribution in [0.15, 0.2) is 24.3 Å². The first-order chi connectivity index (χ1) is 12.1. The molecule has 2 bridgehead atoms. The lowest BCUT2D eigenvalue weighted by Gasteiger charge is -2.46. The second kappa shape index (κ2) is 5.22. The molecular weight excluding hydrogens is 322 g/mol. The number of esters is 1. The summed E-state index contributed by atoms with van der Waals surface area (Å²) in [7, 11) is 1.74. The molecule has 5 atom stereocenters. The number of hydrogen-bond donors (Lipinski definition) is 0. The number of rotatable bonds is 2. The quantitative estimate of drug-likeness (QED) is 0.602. The van der Waals surface area contributed by atoms with Crippen LogP contribution in [0.25, 0.3) is 0 Å². The first-order valence-corrected chi connectivity index (χ1v) is 8.68. The molecule has 5 rings (SSSR count). The predicted molar refractivity (Wildman–Crippen MR) is 88.5 cm³/mol.